The van der Waals surface area contributed by atoms with Crippen LogP contribution < -0.4 is 11.1 Å². The van der Waals surface area contributed by atoms with Crippen molar-refractivity contribution in [3.63, 3.8) is 0 Å². The first-order valence-corrected chi connectivity index (χ1v) is 6.27. The van der Waals surface area contributed by atoms with E-state index >= 15 is 0 Å². The van der Waals surface area contributed by atoms with E-state index in [4.69, 9.17) is 10.5 Å². The minimum absolute atomic E-state index is 0.0664. The fourth-order valence-corrected chi connectivity index (χ4v) is 2.32. The Labute approximate surface area is 108 Å². The highest BCUT2D eigenvalue weighted by Crippen LogP contribution is 2.26. The molecule has 1 aliphatic rings. The molecule has 1 saturated heterocycles. The highest BCUT2D eigenvalue weighted by Gasteiger charge is 2.28. The molecular weight excluding hydrogens is 228 g/mol. The third kappa shape index (κ3) is 3.23. The topological polar surface area (TPSA) is 64.3 Å². The molecule has 1 unspecified atom stereocenters. The van der Waals surface area contributed by atoms with Crippen molar-refractivity contribution in [1.82, 2.24) is 0 Å². The van der Waals surface area contributed by atoms with Gasteiger partial charge in [-0.1, -0.05) is 0 Å². The fraction of sp³-hybridized carbons (Fsp3) is 0.500. The summed E-state index contributed by atoms with van der Waals surface area (Å²) in [5.74, 6) is -0.395. The van der Waals surface area contributed by atoms with E-state index in [2.05, 4.69) is 19.2 Å². The summed E-state index contributed by atoms with van der Waals surface area (Å²) in [6, 6.07) is 7.68. The maximum Gasteiger partial charge on any atom is 0.248 e. The normalized spacial score (nSPS) is 22.4. The number of benzene rings is 1. The van der Waals surface area contributed by atoms with Gasteiger partial charge in [-0.05, 0) is 51.0 Å². The Hall–Kier alpha value is -1.55. The van der Waals surface area contributed by atoms with E-state index in [-0.39, 0.29) is 5.60 Å². The molecule has 18 heavy (non-hydrogen) atoms. The van der Waals surface area contributed by atoms with Crippen LogP contribution in [0.15, 0.2) is 24.3 Å². The summed E-state index contributed by atoms with van der Waals surface area (Å²) in [6.45, 7) is 5.00. The predicted molar refractivity (Wildman–Crippen MR) is 71.6 cm³/mol. The summed E-state index contributed by atoms with van der Waals surface area (Å²) in [6.07, 6.45) is 1.98. The monoisotopic (exact) mass is 248 g/mol. The summed E-state index contributed by atoms with van der Waals surface area (Å²) < 4.78 is 5.68. The van der Waals surface area contributed by atoms with E-state index in [1.165, 1.54) is 0 Å². The summed E-state index contributed by atoms with van der Waals surface area (Å²) in [5, 5.41) is 3.47. The third-order valence-electron chi connectivity index (χ3n) is 3.24. The smallest absolute Gasteiger partial charge is 0.248 e. The lowest BCUT2D eigenvalue weighted by Gasteiger charge is -2.36. The first kappa shape index (κ1) is 12.9. The molecule has 0 radical (unpaired) electrons. The van der Waals surface area contributed by atoms with Gasteiger partial charge in [0.15, 0.2) is 0 Å². The first-order chi connectivity index (χ1) is 8.46. The largest absolute Gasteiger partial charge is 0.382 e. The molecule has 4 heteroatoms. The number of amides is 1. The SMILES string of the molecule is CC1(C)CC(Nc2ccc(C(N)=O)cc2)CCO1. The zero-order valence-corrected chi connectivity index (χ0v) is 10.9. The highest BCUT2D eigenvalue weighted by atomic mass is 16.5. The number of anilines is 1. The van der Waals surface area contributed by atoms with Crippen LogP contribution in [0.5, 0.6) is 0 Å². The molecule has 0 saturated carbocycles. The van der Waals surface area contributed by atoms with Gasteiger partial charge in [0.05, 0.1) is 5.60 Å². The molecule has 3 N–H and O–H groups in total. The number of carbonyl (C=O) groups excluding carboxylic acids is 1. The standard InChI is InChI=1S/C14H20N2O2/c1-14(2)9-12(7-8-18-14)16-11-5-3-10(4-6-11)13(15)17/h3-6,12,16H,7-9H2,1-2H3,(H2,15,17). The van der Waals surface area contributed by atoms with Crippen molar-refractivity contribution in [3.05, 3.63) is 29.8 Å². The average Bonchev–Trinajstić information content (AvgIpc) is 2.28. The van der Waals surface area contributed by atoms with Crippen LogP contribution in [0.2, 0.25) is 0 Å². The fourth-order valence-electron chi connectivity index (χ4n) is 2.32. The minimum atomic E-state index is -0.395. The maximum atomic E-state index is 11.0. The van der Waals surface area contributed by atoms with Gasteiger partial charge in [0.1, 0.15) is 0 Å². The highest BCUT2D eigenvalue weighted by molar-refractivity contribution is 5.93. The van der Waals surface area contributed by atoms with Crippen molar-refractivity contribution < 1.29 is 9.53 Å². The summed E-state index contributed by atoms with van der Waals surface area (Å²) in [7, 11) is 0. The molecule has 2 rings (SSSR count). The van der Waals surface area contributed by atoms with Gasteiger partial charge in [-0.3, -0.25) is 4.79 Å². The predicted octanol–water partition coefficient (Wildman–Crippen LogP) is 2.16. The van der Waals surface area contributed by atoms with E-state index < -0.39 is 5.91 Å². The maximum absolute atomic E-state index is 11.0. The number of ether oxygens (including phenoxy) is 1. The number of nitrogens with one attached hydrogen (secondary N) is 1. The molecule has 1 fully saturated rings. The zero-order chi connectivity index (χ0) is 13.2. The van der Waals surface area contributed by atoms with Crippen molar-refractivity contribution in [2.45, 2.75) is 38.3 Å². The van der Waals surface area contributed by atoms with Crippen molar-refractivity contribution in [1.29, 1.82) is 0 Å². The summed E-state index contributed by atoms with van der Waals surface area (Å²) in [5.41, 5.74) is 6.69. The van der Waals surface area contributed by atoms with Crippen LogP contribution in [-0.4, -0.2) is 24.2 Å². The van der Waals surface area contributed by atoms with Gasteiger partial charge in [-0.15, -0.1) is 0 Å². The van der Waals surface area contributed by atoms with Gasteiger partial charge in [-0.2, -0.15) is 0 Å². The Morgan fingerprint density at radius 2 is 2.06 bits per heavy atom. The Bertz CT molecular complexity index is 426. The molecule has 1 aliphatic heterocycles. The van der Waals surface area contributed by atoms with Crippen LogP contribution in [0.25, 0.3) is 0 Å². The number of nitrogens with two attached hydrogens (primary N) is 1. The number of rotatable bonds is 3. The van der Waals surface area contributed by atoms with Crippen LogP contribution in [0.1, 0.15) is 37.0 Å². The van der Waals surface area contributed by atoms with Crippen LogP contribution in [-0.2, 0) is 4.74 Å². The van der Waals surface area contributed by atoms with Gasteiger partial charge in [0, 0.05) is 23.9 Å². The van der Waals surface area contributed by atoms with E-state index in [1.807, 2.05) is 12.1 Å². The molecular formula is C14H20N2O2. The average molecular weight is 248 g/mol. The van der Waals surface area contributed by atoms with Crippen LogP contribution >= 0.6 is 0 Å². The Balaban J connectivity index is 1.99. The van der Waals surface area contributed by atoms with Gasteiger partial charge < -0.3 is 15.8 Å². The van der Waals surface area contributed by atoms with Crippen LogP contribution in [0.4, 0.5) is 5.69 Å². The Morgan fingerprint density at radius 3 is 2.61 bits per heavy atom. The molecule has 98 valence electrons. The van der Waals surface area contributed by atoms with E-state index in [1.54, 1.807) is 12.1 Å². The zero-order valence-electron chi connectivity index (χ0n) is 10.9. The van der Waals surface area contributed by atoms with Crippen molar-refractivity contribution in [2.75, 3.05) is 11.9 Å². The second-order valence-corrected chi connectivity index (χ2v) is 5.38. The molecule has 1 heterocycles. The number of primary amides is 1. The van der Waals surface area contributed by atoms with Crippen LogP contribution in [0.3, 0.4) is 0 Å². The molecule has 0 bridgehead atoms. The lowest BCUT2D eigenvalue weighted by molar-refractivity contribution is -0.0553. The minimum Gasteiger partial charge on any atom is -0.382 e. The second kappa shape index (κ2) is 4.98. The Kier molecular flexibility index (Phi) is 3.57. The molecule has 0 spiro atoms. The molecule has 1 aromatic carbocycles. The second-order valence-electron chi connectivity index (χ2n) is 5.38. The lowest BCUT2D eigenvalue weighted by Crippen LogP contribution is -2.40. The van der Waals surface area contributed by atoms with Gasteiger partial charge in [-0.25, -0.2) is 0 Å². The molecule has 1 amide bonds. The van der Waals surface area contributed by atoms with Gasteiger partial charge in [0.25, 0.3) is 0 Å². The molecule has 1 aromatic rings. The van der Waals surface area contributed by atoms with Gasteiger partial charge >= 0.3 is 0 Å². The molecule has 0 aliphatic carbocycles. The van der Waals surface area contributed by atoms with Crippen LogP contribution in [0, 0.1) is 0 Å². The number of carbonyl (C=O) groups is 1. The van der Waals surface area contributed by atoms with Crippen molar-refractivity contribution >= 4 is 11.6 Å². The summed E-state index contributed by atoms with van der Waals surface area (Å²) >= 11 is 0. The third-order valence-corrected chi connectivity index (χ3v) is 3.24. The van der Waals surface area contributed by atoms with E-state index in [0.717, 1.165) is 25.1 Å². The van der Waals surface area contributed by atoms with E-state index in [0.29, 0.717) is 11.6 Å². The van der Waals surface area contributed by atoms with Crippen molar-refractivity contribution in [2.24, 2.45) is 5.73 Å². The molecule has 1 atom stereocenters. The number of hydrogen-bond donors (Lipinski definition) is 2. The van der Waals surface area contributed by atoms with Gasteiger partial charge in [0.2, 0.25) is 5.91 Å². The number of hydrogen-bond acceptors (Lipinski definition) is 3. The molecule has 0 aromatic heterocycles. The lowest BCUT2D eigenvalue weighted by atomic mass is 9.94. The quantitative estimate of drug-likeness (QED) is 0.861. The first-order valence-electron chi connectivity index (χ1n) is 6.27. The van der Waals surface area contributed by atoms with E-state index in [9.17, 15) is 4.79 Å². The molecule has 4 nitrogen and oxygen atoms in total. The summed E-state index contributed by atoms with van der Waals surface area (Å²) in [4.78, 5) is 11.0. The Morgan fingerprint density at radius 1 is 1.39 bits per heavy atom. The van der Waals surface area contributed by atoms with Crippen molar-refractivity contribution in [3.8, 4) is 0 Å².